The lowest BCUT2D eigenvalue weighted by molar-refractivity contribution is -0.143. The summed E-state index contributed by atoms with van der Waals surface area (Å²) >= 11 is 0. The van der Waals surface area contributed by atoms with Gasteiger partial charge in [0.15, 0.2) is 0 Å². The molecule has 0 spiro atoms. The third-order valence-electron chi connectivity index (χ3n) is 2.11. The van der Waals surface area contributed by atoms with Crippen LogP contribution in [0.1, 0.15) is 31.4 Å². The average Bonchev–Trinajstić information content (AvgIpc) is 2.28. The Morgan fingerprint density at radius 2 is 1.71 bits per heavy atom. The number of aryl methyl sites for hydroxylation is 1. The molecule has 0 bridgehead atoms. The normalized spacial score (nSPS) is 15.4. The van der Waals surface area contributed by atoms with Gasteiger partial charge in [-0.2, -0.15) is 18.3 Å². The molecular formula is C9H13F3N2. The van der Waals surface area contributed by atoms with Gasteiger partial charge in [-0.25, -0.2) is 0 Å². The highest BCUT2D eigenvalue weighted by molar-refractivity contribution is 5.03. The molecule has 2 rings (SSSR count). The van der Waals surface area contributed by atoms with Gasteiger partial charge in [-0.3, -0.25) is 4.68 Å². The molecule has 0 amide bonds. The van der Waals surface area contributed by atoms with Crippen molar-refractivity contribution < 1.29 is 13.2 Å². The van der Waals surface area contributed by atoms with Crippen molar-refractivity contribution in [1.29, 1.82) is 0 Å². The van der Waals surface area contributed by atoms with Gasteiger partial charge < -0.3 is 0 Å². The highest BCUT2D eigenvalue weighted by Crippen LogP contribution is 2.27. The maximum Gasteiger partial charge on any atom is 0.433 e. The number of hydrogen-bond acceptors (Lipinski definition) is 1. The highest BCUT2D eigenvalue weighted by Gasteiger charge is 2.33. The molecule has 0 aromatic carbocycles. The van der Waals surface area contributed by atoms with Crippen LogP contribution in [-0.2, 0) is 13.2 Å². The van der Waals surface area contributed by atoms with Gasteiger partial charge in [-0.05, 0) is 6.07 Å². The van der Waals surface area contributed by atoms with Crippen molar-refractivity contribution >= 4 is 0 Å². The van der Waals surface area contributed by atoms with E-state index in [0.29, 0.717) is 0 Å². The third-order valence-corrected chi connectivity index (χ3v) is 2.11. The van der Waals surface area contributed by atoms with Crippen LogP contribution in [-0.4, -0.2) is 9.78 Å². The first-order chi connectivity index (χ1) is 6.52. The summed E-state index contributed by atoms with van der Waals surface area (Å²) in [5.74, 6) is 0. The molecule has 5 heteroatoms. The van der Waals surface area contributed by atoms with E-state index in [4.69, 9.17) is 0 Å². The average molecular weight is 206 g/mol. The largest absolute Gasteiger partial charge is 0.433 e. The number of nitrogens with zero attached hydrogens (tertiary/aromatic N) is 2. The van der Waals surface area contributed by atoms with E-state index in [1.807, 2.05) is 0 Å². The predicted octanol–water partition coefficient (Wildman–Crippen LogP) is 3.00. The molecular weight excluding hydrogens is 193 g/mol. The van der Waals surface area contributed by atoms with E-state index < -0.39 is 11.9 Å². The molecule has 0 saturated heterocycles. The molecule has 1 heterocycles. The number of aromatic nitrogens is 2. The van der Waals surface area contributed by atoms with E-state index in [9.17, 15) is 13.2 Å². The SMILES string of the molecule is C1CCC1.Cn1nccc1C(F)(F)F. The van der Waals surface area contributed by atoms with Crippen LogP contribution in [0.3, 0.4) is 0 Å². The summed E-state index contributed by atoms with van der Waals surface area (Å²) in [6, 6.07) is 0.931. The zero-order valence-corrected chi connectivity index (χ0v) is 8.01. The van der Waals surface area contributed by atoms with Crippen molar-refractivity contribution in [2.45, 2.75) is 31.9 Å². The Morgan fingerprint density at radius 3 is 1.86 bits per heavy atom. The van der Waals surface area contributed by atoms with Crippen molar-refractivity contribution in [2.24, 2.45) is 7.05 Å². The Balaban J connectivity index is 0.000000203. The lowest BCUT2D eigenvalue weighted by Gasteiger charge is -2.05. The van der Waals surface area contributed by atoms with Crippen molar-refractivity contribution in [2.75, 3.05) is 0 Å². The summed E-state index contributed by atoms with van der Waals surface area (Å²) in [7, 11) is 1.25. The second kappa shape index (κ2) is 4.48. The van der Waals surface area contributed by atoms with Crippen LogP contribution in [0.4, 0.5) is 13.2 Å². The Hall–Kier alpha value is -1.00. The van der Waals surface area contributed by atoms with Gasteiger partial charge in [-0.1, -0.05) is 25.7 Å². The van der Waals surface area contributed by atoms with E-state index in [1.54, 1.807) is 0 Å². The van der Waals surface area contributed by atoms with Gasteiger partial charge in [0.2, 0.25) is 0 Å². The molecule has 1 fully saturated rings. The third kappa shape index (κ3) is 3.05. The summed E-state index contributed by atoms with van der Waals surface area (Å²) in [6.45, 7) is 0. The maximum absolute atomic E-state index is 11.8. The van der Waals surface area contributed by atoms with E-state index in [-0.39, 0.29) is 0 Å². The van der Waals surface area contributed by atoms with Gasteiger partial charge in [0.05, 0.1) is 0 Å². The van der Waals surface area contributed by atoms with E-state index >= 15 is 0 Å². The van der Waals surface area contributed by atoms with E-state index in [0.717, 1.165) is 16.9 Å². The number of rotatable bonds is 0. The minimum atomic E-state index is -4.29. The predicted molar refractivity (Wildman–Crippen MR) is 46.7 cm³/mol. The fourth-order valence-corrected chi connectivity index (χ4v) is 0.902. The lowest BCUT2D eigenvalue weighted by atomic mass is 10.0. The number of alkyl halides is 3. The molecule has 1 saturated carbocycles. The molecule has 14 heavy (non-hydrogen) atoms. The first-order valence-electron chi connectivity index (χ1n) is 4.57. The zero-order chi connectivity index (χ0) is 10.6. The molecule has 2 nitrogen and oxygen atoms in total. The van der Waals surface area contributed by atoms with Crippen molar-refractivity contribution in [3.05, 3.63) is 18.0 Å². The minimum absolute atomic E-state index is 0.729. The molecule has 0 atom stereocenters. The van der Waals surface area contributed by atoms with Crippen LogP contribution >= 0.6 is 0 Å². The minimum Gasteiger partial charge on any atom is -0.264 e. The molecule has 80 valence electrons. The van der Waals surface area contributed by atoms with Crippen LogP contribution in [0.25, 0.3) is 0 Å². The van der Waals surface area contributed by atoms with Gasteiger partial charge >= 0.3 is 6.18 Å². The molecule has 1 aromatic heterocycles. The Kier molecular flexibility index (Phi) is 3.55. The summed E-state index contributed by atoms with van der Waals surface area (Å²) in [5.41, 5.74) is -0.729. The zero-order valence-electron chi connectivity index (χ0n) is 8.01. The Bertz CT molecular complexity index is 270. The van der Waals surface area contributed by atoms with Crippen molar-refractivity contribution in [1.82, 2.24) is 9.78 Å². The van der Waals surface area contributed by atoms with Crippen LogP contribution < -0.4 is 0 Å². The second-order valence-electron chi connectivity index (χ2n) is 3.25. The molecule has 1 aromatic rings. The fourth-order valence-electron chi connectivity index (χ4n) is 0.902. The lowest BCUT2D eigenvalue weighted by Crippen LogP contribution is -2.11. The van der Waals surface area contributed by atoms with Gasteiger partial charge in [-0.15, -0.1) is 0 Å². The van der Waals surface area contributed by atoms with Crippen LogP contribution in [0.5, 0.6) is 0 Å². The van der Waals surface area contributed by atoms with Gasteiger partial charge in [0.1, 0.15) is 5.69 Å². The monoisotopic (exact) mass is 206 g/mol. The molecule has 0 radical (unpaired) electrons. The first-order valence-corrected chi connectivity index (χ1v) is 4.57. The van der Waals surface area contributed by atoms with Crippen molar-refractivity contribution in [3.8, 4) is 0 Å². The van der Waals surface area contributed by atoms with E-state index in [2.05, 4.69) is 5.10 Å². The van der Waals surface area contributed by atoms with Crippen LogP contribution in [0, 0.1) is 0 Å². The molecule has 1 aliphatic rings. The number of halogens is 3. The Morgan fingerprint density at radius 1 is 1.21 bits per heavy atom. The second-order valence-corrected chi connectivity index (χ2v) is 3.25. The maximum atomic E-state index is 11.8. The highest BCUT2D eigenvalue weighted by atomic mass is 19.4. The van der Waals surface area contributed by atoms with E-state index in [1.165, 1.54) is 32.7 Å². The molecule has 0 N–H and O–H groups in total. The summed E-state index contributed by atoms with van der Waals surface area (Å²) in [5, 5.41) is 3.38. The van der Waals surface area contributed by atoms with Gasteiger partial charge in [0.25, 0.3) is 0 Å². The topological polar surface area (TPSA) is 17.8 Å². The number of hydrogen-bond donors (Lipinski definition) is 0. The van der Waals surface area contributed by atoms with Crippen LogP contribution in [0.15, 0.2) is 12.3 Å². The first kappa shape index (κ1) is 11.1. The smallest absolute Gasteiger partial charge is 0.264 e. The molecule has 1 aliphatic carbocycles. The summed E-state index contributed by atoms with van der Waals surface area (Å²) in [6.07, 6.45) is 2.83. The quantitative estimate of drug-likeness (QED) is 0.638. The van der Waals surface area contributed by atoms with Crippen molar-refractivity contribution in [3.63, 3.8) is 0 Å². The van der Waals surface area contributed by atoms with Crippen LogP contribution in [0.2, 0.25) is 0 Å². The molecule has 0 aliphatic heterocycles. The summed E-state index contributed by atoms with van der Waals surface area (Å²) < 4.78 is 36.3. The summed E-state index contributed by atoms with van der Waals surface area (Å²) in [4.78, 5) is 0. The standard InChI is InChI=1S/C5H5F3N2.C4H8/c1-10-4(2-3-9-10)5(6,7)8;1-2-4-3-1/h2-3H,1H3;1-4H2. The van der Waals surface area contributed by atoms with Gasteiger partial charge in [0, 0.05) is 13.2 Å². The molecule has 0 unspecified atom stereocenters. The fraction of sp³-hybridized carbons (Fsp3) is 0.667. The Labute approximate surface area is 80.7 Å².